The maximum absolute atomic E-state index is 14.2. The van der Waals surface area contributed by atoms with Crippen molar-refractivity contribution in [3.63, 3.8) is 0 Å². The molecule has 134 valence electrons. The van der Waals surface area contributed by atoms with Gasteiger partial charge in [-0.3, -0.25) is 0 Å². The van der Waals surface area contributed by atoms with Crippen molar-refractivity contribution >= 4 is 13.7 Å². The summed E-state index contributed by atoms with van der Waals surface area (Å²) in [6, 6.07) is 4.32. The second kappa shape index (κ2) is 6.67. The Kier molecular flexibility index (Phi) is 4.73. The summed E-state index contributed by atoms with van der Waals surface area (Å²) in [6.45, 7) is 6.49. The van der Waals surface area contributed by atoms with Gasteiger partial charge in [0.2, 0.25) is 13.7 Å². The third-order valence-electron chi connectivity index (χ3n) is 4.76. The molecule has 0 aliphatic carbocycles. The van der Waals surface area contributed by atoms with Crippen LogP contribution >= 0.6 is 0 Å². The fourth-order valence-corrected chi connectivity index (χ4v) is 3.33. The van der Waals surface area contributed by atoms with E-state index in [1.807, 2.05) is 6.08 Å². The van der Waals surface area contributed by atoms with E-state index in [1.165, 1.54) is 19.2 Å². The molecule has 0 aromatic heterocycles. The number of likely N-dealkylation sites (N-methyl/N-ethyl adjacent to an activating group) is 1. The summed E-state index contributed by atoms with van der Waals surface area (Å²) in [6.07, 6.45) is 1.82. The van der Waals surface area contributed by atoms with Gasteiger partial charge >= 0.3 is 0 Å². The smallest absolute Gasteiger partial charge is 0.216 e. The van der Waals surface area contributed by atoms with E-state index in [4.69, 9.17) is 9.47 Å². The van der Waals surface area contributed by atoms with E-state index in [0.29, 0.717) is 18.6 Å². The van der Waals surface area contributed by atoms with Crippen molar-refractivity contribution in [1.82, 2.24) is 9.80 Å². The average molecular weight is 349 g/mol. The molecule has 2 aliphatic heterocycles. The molecule has 2 heterocycles. The van der Waals surface area contributed by atoms with Crippen molar-refractivity contribution in [1.29, 1.82) is 0 Å². The minimum absolute atomic E-state index is 0.00864. The summed E-state index contributed by atoms with van der Waals surface area (Å²) in [7, 11) is 2.94. The number of benzene rings is 1. The molecule has 1 saturated heterocycles. The third kappa shape index (κ3) is 3.10. The van der Waals surface area contributed by atoms with Crippen LogP contribution in [0.1, 0.15) is 19.4 Å². The molecule has 2 atom stereocenters. The van der Waals surface area contributed by atoms with Crippen molar-refractivity contribution in [2.75, 3.05) is 26.9 Å². The van der Waals surface area contributed by atoms with E-state index >= 15 is 0 Å². The Balaban J connectivity index is 1.89. The largest absolute Gasteiger partial charge is 0.450 e. The van der Waals surface area contributed by atoms with E-state index in [2.05, 4.69) is 28.6 Å². The van der Waals surface area contributed by atoms with Crippen LogP contribution in [0.15, 0.2) is 35.1 Å². The maximum atomic E-state index is 14.2. The summed E-state index contributed by atoms with van der Waals surface area (Å²) in [4.78, 5) is 8.82. The molecule has 0 N–H and O–H groups in total. The molecule has 1 aromatic carbocycles. The van der Waals surface area contributed by atoms with Crippen molar-refractivity contribution in [2.24, 2.45) is 4.99 Å². The predicted octanol–water partition coefficient (Wildman–Crippen LogP) is 1.61. The highest BCUT2D eigenvalue weighted by Gasteiger charge is 2.36. The Labute approximate surface area is 147 Å². The number of hydrogen-bond acceptors (Lipinski definition) is 5. The molecule has 2 unspecified atom stereocenters. The summed E-state index contributed by atoms with van der Waals surface area (Å²) >= 11 is 0. The second-order valence-electron chi connectivity index (χ2n) is 6.35. The van der Waals surface area contributed by atoms with Crippen molar-refractivity contribution in [2.45, 2.75) is 25.6 Å². The average Bonchev–Trinajstić information content (AvgIpc) is 2.91. The number of halogens is 2. The van der Waals surface area contributed by atoms with Crippen molar-refractivity contribution in [3.8, 4) is 0 Å². The molecule has 0 spiro atoms. The topological polar surface area (TPSA) is 37.3 Å². The van der Waals surface area contributed by atoms with Gasteiger partial charge in [-0.2, -0.15) is 0 Å². The highest BCUT2D eigenvalue weighted by atomic mass is 19.2. The zero-order valence-electron chi connectivity index (χ0n) is 14.9. The monoisotopic (exact) mass is 349 g/mol. The Morgan fingerprint density at radius 2 is 2.16 bits per heavy atom. The Bertz CT molecular complexity index is 728. The van der Waals surface area contributed by atoms with Gasteiger partial charge in [-0.05, 0) is 19.9 Å². The number of hydrogen-bond donors (Lipinski definition) is 0. The highest BCUT2D eigenvalue weighted by Crippen LogP contribution is 2.30. The van der Waals surface area contributed by atoms with Gasteiger partial charge in [0.05, 0.1) is 5.56 Å². The zero-order chi connectivity index (χ0) is 18.2. The molecule has 5 nitrogen and oxygen atoms in total. The normalized spacial score (nSPS) is 22.2. The lowest BCUT2D eigenvalue weighted by Crippen LogP contribution is -2.38. The lowest BCUT2D eigenvalue weighted by molar-refractivity contribution is -0.112. The van der Waals surface area contributed by atoms with Gasteiger partial charge in [0.1, 0.15) is 12.5 Å². The van der Waals surface area contributed by atoms with E-state index in [9.17, 15) is 8.78 Å². The van der Waals surface area contributed by atoms with Gasteiger partial charge in [-0.15, -0.1) is 0 Å². The molecule has 8 heteroatoms. The predicted molar refractivity (Wildman–Crippen MR) is 93.6 cm³/mol. The summed E-state index contributed by atoms with van der Waals surface area (Å²) in [5.41, 5.74) is -1.49. The minimum atomic E-state index is -1.48. The third-order valence-corrected chi connectivity index (χ3v) is 4.76. The number of aliphatic imine (C=N–C) groups is 1. The SMILES string of the molecule is BC(OC)(OC1=NCN2CC(C)N(CC)C2=C1)c1cccc(F)c1F. The summed E-state index contributed by atoms with van der Waals surface area (Å²) in [5.74, 6) is -0.562. The second-order valence-corrected chi connectivity index (χ2v) is 6.35. The quantitative estimate of drug-likeness (QED) is 0.612. The first-order chi connectivity index (χ1) is 11.9. The van der Waals surface area contributed by atoms with E-state index in [0.717, 1.165) is 25.0 Å². The number of rotatable bonds is 4. The van der Waals surface area contributed by atoms with E-state index in [1.54, 1.807) is 7.85 Å². The molecule has 2 aliphatic rings. The molecule has 1 fully saturated rings. The van der Waals surface area contributed by atoms with Crippen LogP contribution in [0.4, 0.5) is 8.78 Å². The van der Waals surface area contributed by atoms with Crippen LogP contribution in [-0.4, -0.2) is 56.5 Å². The Hall–Kier alpha value is -2.09. The Morgan fingerprint density at radius 1 is 1.40 bits per heavy atom. The summed E-state index contributed by atoms with van der Waals surface area (Å²) in [5, 5.41) is 0. The molecule has 0 radical (unpaired) electrons. The van der Waals surface area contributed by atoms with Gasteiger partial charge in [0, 0.05) is 32.3 Å². The first-order valence-corrected chi connectivity index (χ1v) is 8.36. The fourth-order valence-electron chi connectivity index (χ4n) is 3.33. The van der Waals surface area contributed by atoms with Gasteiger partial charge in [-0.25, -0.2) is 13.8 Å². The number of ether oxygens (including phenoxy) is 2. The first kappa shape index (κ1) is 17.7. The first-order valence-electron chi connectivity index (χ1n) is 8.36. The number of nitrogens with zero attached hydrogens (tertiary/aromatic N) is 3. The lowest BCUT2D eigenvalue weighted by atomic mass is 9.86. The van der Waals surface area contributed by atoms with E-state index < -0.39 is 17.3 Å². The van der Waals surface area contributed by atoms with Crippen LogP contribution in [0.5, 0.6) is 0 Å². The molecular formula is C17H22BF2N3O2. The minimum Gasteiger partial charge on any atom is -0.450 e. The van der Waals surface area contributed by atoms with Gasteiger partial charge in [0.25, 0.3) is 0 Å². The van der Waals surface area contributed by atoms with Crippen molar-refractivity contribution in [3.05, 3.63) is 47.3 Å². The molecular weight excluding hydrogens is 327 g/mol. The number of fused-ring (bicyclic) bond motifs is 1. The fraction of sp³-hybridized carbons (Fsp3) is 0.471. The van der Waals surface area contributed by atoms with Crippen LogP contribution in [0, 0.1) is 11.6 Å². The highest BCUT2D eigenvalue weighted by molar-refractivity contribution is 6.15. The van der Waals surface area contributed by atoms with E-state index in [-0.39, 0.29) is 5.56 Å². The van der Waals surface area contributed by atoms with Crippen molar-refractivity contribution < 1.29 is 18.3 Å². The van der Waals surface area contributed by atoms with Crippen LogP contribution in [0.25, 0.3) is 0 Å². The molecule has 1 aromatic rings. The molecule has 0 saturated carbocycles. The van der Waals surface area contributed by atoms with Crippen LogP contribution in [0.2, 0.25) is 0 Å². The zero-order valence-corrected chi connectivity index (χ0v) is 14.9. The maximum Gasteiger partial charge on any atom is 0.216 e. The van der Waals surface area contributed by atoms with Gasteiger partial charge < -0.3 is 19.3 Å². The molecule has 3 rings (SSSR count). The van der Waals surface area contributed by atoms with Crippen LogP contribution in [-0.2, 0) is 15.2 Å². The summed E-state index contributed by atoms with van der Waals surface area (Å²) < 4.78 is 39.1. The molecule has 0 bridgehead atoms. The number of methoxy groups -OCH3 is 1. The molecule has 0 amide bonds. The van der Waals surface area contributed by atoms with Gasteiger partial charge in [-0.1, -0.05) is 12.1 Å². The Morgan fingerprint density at radius 3 is 2.84 bits per heavy atom. The molecule has 25 heavy (non-hydrogen) atoms. The van der Waals surface area contributed by atoms with Crippen LogP contribution < -0.4 is 0 Å². The van der Waals surface area contributed by atoms with Gasteiger partial charge in [0.15, 0.2) is 17.3 Å². The lowest BCUT2D eigenvalue weighted by Gasteiger charge is -2.33. The van der Waals surface area contributed by atoms with Crippen LogP contribution in [0.3, 0.4) is 0 Å². The standard InChI is InChI=1S/C17H22BF2N3O2/c1-4-23-11(2)9-22-10-21-14(8-15(22)23)25-17(18,24-3)12-6-5-7-13(19)16(12)20/h5-8,11H,4,9-10,18H2,1-3H3.